The molecule has 1 aliphatic rings. The van der Waals surface area contributed by atoms with Gasteiger partial charge in [0.2, 0.25) is 0 Å². The first-order chi connectivity index (χ1) is 9.60. The van der Waals surface area contributed by atoms with Crippen LogP contribution in [0.15, 0.2) is 18.2 Å². The third-order valence-corrected chi connectivity index (χ3v) is 3.74. The first-order valence-corrected chi connectivity index (χ1v) is 7.57. The zero-order chi connectivity index (χ0) is 14.5. The van der Waals surface area contributed by atoms with E-state index in [0.717, 1.165) is 50.2 Å². The van der Waals surface area contributed by atoms with Crippen LogP contribution in [0.4, 0.5) is 10.1 Å². The number of hydrogen-bond donors (Lipinski definition) is 1. The fraction of sp³-hybridized carbons (Fsp3) is 0.625. The van der Waals surface area contributed by atoms with Crippen LogP contribution < -0.4 is 15.4 Å². The van der Waals surface area contributed by atoms with Gasteiger partial charge in [0.15, 0.2) is 0 Å². The molecular formula is C16H25FN2O. The molecule has 1 aromatic rings. The molecule has 0 radical (unpaired) electrons. The van der Waals surface area contributed by atoms with Gasteiger partial charge >= 0.3 is 0 Å². The Kier molecular flexibility index (Phi) is 5.24. The summed E-state index contributed by atoms with van der Waals surface area (Å²) in [6.07, 6.45) is 4.29. The van der Waals surface area contributed by atoms with Gasteiger partial charge < -0.3 is 15.4 Å². The lowest BCUT2D eigenvalue weighted by molar-refractivity contribution is 0.210. The number of nitrogens with zero attached hydrogens (tertiary/aromatic N) is 1. The van der Waals surface area contributed by atoms with E-state index in [9.17, 15) is 4.39 Å². The van der Waals surface area contributed by atoms with Crippen LogP contribution >= 0.6 is 0 Å². The molecule has 0 spiro atoms. The van der Waals surface area contributed by atoms with Crippen LogP contribution in [0.1, 0.15) is 39.5 Å². The molecule has 112 valence electrons. The van der Waals surface area contributed by atoms with Gasteiger partial charge in [0.1, 0.15) is 11.6 Å². The van der Waals surface area contributed by atoms with Crippen LogP contribution in [0.25, 0.3) is 0 Å². The summed E-state index contributed by atoms with van der Waals surface area (Å²) in [5.74, 6) is 0.538. The molecule has 0 aliphatic carbocycles. The molecule has 0 aromatic heterocycles. The van der Waals surface area contributed by atoms with Crippen molar-refractivity contribution in [2.24, 2.45) is 5.73 Å². The molecule has 1 heterocycles. The Morgan fingerprint density at radius 2 is 2.30 bits per heavy atom. The van der Waals surface area contributed by atoms with Gasteiger partial charge in [-0.15, -0.1) is 0 Å². The summed E-state index contributed by atoms with van der Waals surface area (Å²) in [5, 5.41) is 0. The highest BCUT2D eigenvalue weighted by Gasteiger charge is 2.21. The van der Waals surface area contributed by atoms with E-state index < -0.39 is 0 Å². The molecule has 1 aliphatic heterocycles. The van der Waals surface area contributed by atoms with Crippen molar-refractivity contribution in [3.05, 3.63) is 24.0 Å². The summed E-state index contributed by atoms with van der Waals surface area (Å²) in [7, 11) is 0. The number of piperidine rings is 1. The number of halogens is 1. The first-order valence-electron chi connectivity index (χ1n) is 7.57. The van der Waals surface area contributed by atoms with Crippen molar-refractivity contribution in [3.63, 3.8) is 0 Å². The highest BCUT2D eigenvalue weighted by atomic mass is 19.1. The Morgan fingerprint density at radius 1 is 1.50 bits per heavy atom. The summed E-state index contributed by atoms with van der Waals surface area (Å²) < 4.78 is 19.6. The SMILES string of the molecule is CCCC(C)Oc1ccc(F)cc1N1CCCC(N)C1. The minimum Gasteiger partial charge on any atom is -0.489 e. The van der Waals surface area contributed by atoms with Crippen LogP contribution in [0.2, 0.25) is 0 Å². The number of nitrogens with two attached hydrogens (primary N) is 1. The number of rotatable bonds is 5. The molecular weight excluding hydrogens is 255 g/mol. The van der Waals surface area contributed by atoms with Crippen molar-refractivity contribution in [1.82, 2.24) is 0 Å². The van der Waals surface area contributed by atoms with Gasteiger partial charge in [-0.2, -0.15) is 0 Å². The Hall–Kier alpha value is -1.29. The van der Waals surface area contributed by atoms with Crippen molar-refractivity contribution in [3.8, 4) is 5.75 Å². The summed E-state index contributed by atoms with van der Waals surface area (Å²) >= 11 is 0. The molecule has 4 heteroatoms. The highest BCUT2D eigenvalue weighted by Crippen LogP contribution is 2.32. The average molecular weight is 280 g/mol. The monoisotopic (exact) mass is 280 g/mol. The quantitative estimate of drug-likeness (QED) is 0.899. The molecule has 20 heavy (non-hydrogen) atoms. The van der Waals surface area contributed by atoms with E-state index >= 15 is 0 Å². The lowest BCUT2D eigenvalue weighted by Crippen LogP contribution is -2.43. The zero-order valence-electron chi connectivity index (χ0n) is 12.4. The lowest BCUT2D eigenvalue weighted by Gasteiger charge is -2.34. The van der Waals surface area contributed by atoms with E-state index in [0.29, 0.717) is 0 Å². The maximum atomic E-state index is 13.6. The summed E-state index contributed by atoms with van der Waals surface area (Å²) in [5.41, 5.74) is 6.86. The van der Waals surface area contributed by atoms with E-state index in [1.54, 1.807) is 12.1 Å². The van der Waals surface area contributed by atoms with Crippen molar-refractivity contribution in [2.45, 2.75) is 51.7 Å². The average Bonchev–Trinajstić information content (AvgIpc) is 2.41. The van der Waals surface area contributed by atoms with Gasteiger partial charge in [-0.1, -0.05) is 13.3 Å². The van der Waals surface area contributed by atoms with Crippen molar-refractivity contribution >= 4 is 5.69 Å². The predicted octanol–water partition coefficient (Wildman–Crippen LogP) is 3.32. The number of anilines is 1. The van der Waals surface area contributed by atoms with E-state index in [4.69, 9.17) is 10.5 Å². The number of ether oxygens (including phenoxy) is 1. The summed E-state index contributed by atoms with van der Waals surface area (Å²) in [6, 6.07) is 4.91. The number of hydrogen-bond acceptors (Lipinski definition) is 3. The van der Waals surface area contributed by atoms with Gasteiger partial charge in [0.25, 0.3) is 0 Å². The maximum absolute atomic E-state index is 13.6. The molecule has 0 bridgehead atoms. The summed E-state index contributed by atoms with van der Waals surface area (Å²) in [6.45, 7) is 5.87. The van der Waals surface area contributed by atoms with Crippen LogP contribution in [0, 0.1) is 5.82 Å². The zero-order valence-corrected chi connectivity index (χ0v) is 12.4. The second-order valence-electron chi connectivity index (χ2n) is 5.68. The Balaban J connectivity index is 2.18. The largest absolute Gasteiger partial charge is 0.489 e. The third-order valence-electron chi connectivity index (χ3n) is 3.74. The van der Waals surface area contributed by atoms with Crippen molar-refractivity contribution in [2.75, 3.05) is 18.0 Å². The molecule has 1 fully saturated rings. The fourth-order valence-corrected chi connectivity index (χ4v) is 2.75. The highest BCUT2D eigenvalue weighted by molar-refractivity contribution is 5.59. The van der Waals surface area contributed by atoms with E-state index in [1.807, 2.05) is 0 Å². The van der Waals surface area contributed by atoms with Gasteiger partial charge in [0.05, 0.1) is 11.8 Å². The Labute approximate surface area is 120 Å². The normalized spacial score (nSPS) is 20.8. The lowest BCUT2D eigenvalue weighted by atomic mass is 10.1. The smallest absolute Gasteiger partial charge is 0.143 e. The van der Waals surface area contributed by atoms with E-state index in [-0.39, 0.29) is 18.0 Å². The Bertz CT molecular complexity index is 438. The van der Waals surface area contributed by atoms with Gasteiger partial charge in [-0.05, 0) is 38.3 Å². The minimum absolute atomic E-state index is 0.141. The molecule has 2 atom stereocenters. The third kappa shape index (κ3) is 3.85. The molecule has 0 amide bonds. The molecule has 3 nitrogen and oxygen atoms in total. The molecule has 2 unspecified atom stereocenters. The van der Waals surface area contributed by atoms with Gasteiger partial charge in [-0.25, -0.2) is 4.39 Å². The standard InChI is InChI=1S/C16H25FN2O/c1-3-5-12(2)20-16-8-7-13(17)10-15(16)19-9-4-6-14(18)11-19/h7-8,10,12,14H,3-6,9,11,18H2,1-2H3. The minimum atomic E-state index is -0.227. The molecule has 1 aromatic carbocycles. The van der Waals surface area contributed by atoms with Crippen molar-refractivity contribution in [1.29, 1.82) is 0 Å². The van der Waals surface area contributed by atoms with Crippen LogP contribution in [0.3, 0.4) is 0 Å². The topological polar surface area (TPSA) is 38.5 Å². The first kappa shape index (κ1) is 15.1. The van der Waals surface area contributed by atoms with E-state index in [2.05, 4.69) is 18.7 Å². The number of benzene rings is 1. The van der Waals surface area contributed by atoms with Gasteiger partial charge in [0, 0.05) is 25.2 Å². The van der Waals surface area contributed by atoms with E-state index in [1.165, 1.54) is 6.07 Å². The maximum Gasteiger partial charge on any atom is 0.143 e. The molecule has 2 rings (SSSR count). The van der Waals surface area contributed by atoms with Crippen molar-refractivity contribution < 1.29 is 9.13 Å². The molecule has 0 saturated carbocycles. The van der Waals surface area contributed by atoms with Crippen LogP contribution in [-0.2, 0) is 0 Å². The molecule has 1 saturated heterocycles. The predicted molar refractivity (Wildman–Crippen MR) is 80.8 cm³/mol. The van der Waals surface area contributed by atoms with Crippen LogP contribution in [-0.4, -0.2) is 25.2 Å². The second-order valence-corrected chi connectivity index (χ2v) is 5.68. The second kappa shape index (κ2) is 6.93. The van der Waals surface area contributed by atoms with Crippen LogP contribution in [0.5, 0.6) is 5.75 Å². The molecule has 2 N–H and O–H groups in total. The summed E-state index contributed by atoms with van der Waals surface area (Å²) in [4.78, 5) is 2.14. The van der Waals surface area contributed by atoms with Gasteiger partial charge in [-0.3, -0.25) is 0 Å². The Morgan fingerprint density at radius 3 is 3.00 bits per heavy atom. The fourth-order valence-electron chi connectivity index (χ4n) is 2.75.